The van der Waals surface area contributed by atoms with E-state index in [1.807, 2.05) is 0 Å². The molecule has 2 aliphatic rings. The van der Waals surface area contributed by atoms with Gasteiger partial charge in [-0.2, -0.15) is 4.99 Å². The van der Waals surface area contributed by atoms with Crippen molar-refractivity contribution in [2.75, 3.05) is 31.1 Å². The molecule has 2 heterocycles. The Morgan fingerprint density at radius 3 is 2.24 bits per heavy atom. The van der Waals surface area contributed by atoms with Crippen LogP contribution in [0.1, 0.15) is 11.1 Å². The lowest BCUT2D eigenvalue weighted by atomic mass is 10.2. The van der Waals surface area contributed by atoms with Crippen molar-refractivity contribution < 1.29 is 9.72 Å². The number of nitrogens with zero attached hydrogens (tertiary/aromatic N) is 4. The van der Waals surface area contributed by atoms with E-state index in [4.69, 9.17) is 0 Å². The molecule has 0 spiro atoms. The Balaban J connectivity index is 1.38. The number of anilines is 1. The van der Waals surface area contributed by atoms with Gasteiger partial charge in [-0.1, -0.05) is 17.7 Å². The number of nitro groups is 1. The summed E-state index contributed by atoms with van der Waals surface area (Å²) in [5.41, 5.74) is 3.23. The minimum Gasteiger partial charge on any atom is -0.368 e. The maximum absolute atomic E-state index is 12.3. The van der Waals surface area contributed by atoms with Crippen molar-refractivity contribution in [1.82, 2.24) is 4.90 Å². The van der Waals surface area contributed by atoms with Crippen molar-refractivity contribution in [3.8, 4) is 0 Å². The standard InChI is InChI=1S/C21H20N4O3S/c1-15-2-6-17(7-3-15)23-10-12-24(13-11-23)21-22-20(26)19(29-21)14-16-4-8-18(9-5-16)25(27)28/h2-9,14H,10-13H2,1H3. The summed E-state index contributed by atoms with van der Waals surface area (Å²) in [5.74, 6) is -0.260. The first kappa shape index (κ1) is 19.2. The summed E-state index contributed by atoms with van der Waals surface area (Å²) in [6, 6.07) is 14.7. The number of hydrogen-bond donors (Lipinski definition) is 0. The van der Waals surface area contributed by atoms with Crippen LogP contribution in [0, 0.1) is 17.0 Å². The monoisotopic (exact) mass is 408 g/mol. The third-order valence-corrected chi connectivity index (χ3v) is 6.00. The van der Waals surface area contributed by atoms with Crippen LogP contribution >= 0.6 is 11.8 Å². The first-order valence-corrected chi connectivity index (χ1v) is 10.1. The van der Waals surface area contributed by atoms with Crippen LogP contribution < -0.4 is 4.90 Å². The molecule has 1 saturated heterocycles. The van der Waals surface area contributed by atoms with Crippen LogP contribution in [0.25, 0.3) is 6.08 Å². The lowest BCUT2D eigenvalue weighted by Crippen LogP contribution is -2.47. The van der Waals surface area contributed by atoms with Gasteiger partial charge in [0.1, 0.15) is 0 Å². The Hall–Kier alpha value is -3.13. The Morgan fingerprint density at radius 2 is 1.62 bits per heavy atom. The van der Waals surface area contributed by atoms with Crippen LogP contribution in [0.5, 0.6) is 0 Å². The van der Waals surface area contributed by atoms with Gasteiger partial charge in [0, 0.05) is 44.0 Å². The first-order valence-electron chi connectivity index (χ1n) is 9.33. The van der Waals surface area contributed by atoms with Gasteiger partial charge in [-0.05, 0) is 54.6 Å². The van der Waals surface area contributed by atoms with E-state index in [2.05, 4.69) is 46.0 Å². The molecular weight excluding hydrogens is 388 g/mol. The maximum Gasteiger partial charge on any atom is 0.286 e. The van der Waals surface area contributed by atoms with Crippen molar-refractivity contribution in [2.45, 2.75) is 6.92 Å². The molecule has 8 heteroatoms. The molecule has 0 radical (unpaired) electrons. The largest absolute Gasteiger partial charge is 0.368 e. The Labute approximate surface area is 172 Å². The molecule has 2 aromatic rings. The highest BCUT2D eigenvalue weighted by Gasteiger charge is 2.28. The maximum atomic E-state index is 12.3. The average Bonchev–Trinajstić information content (AvgIpc) is 3.09. The summed E-state index contributed by atoms with van der Waals surface area (Å²) < 4.78 is 0. The second-order valence-corrected chi connectivity index (χ2v) is 7.98. The number of aryl methyl sites for hydroxylation is 1. The van der Waals surface area contributed by atoms with Crippen LogP contribution in [0.15, 0.2) is 58.4 Å². The zero-order chi connectivity index (χ0) is 20.4. The zero-order valence-corrected chi connectivity index (χ0v) is 16.8. The smallest absolute Gasteiger partial charge is 0.286 e. The number of amidine groups is 1. The number of rotatable bonds is 3. The highest BCUT2D eigenvalue weighted by molar-refractivity contribution is 8.18. The van der Waals surface area contributed by atoms with E-state index in [9.17, 15) is 14.9 Å². The van der Waals surface area contributed by atoms with Gasteiger partial charge in [0.05, 0.1) is 9.83 Å². The highest BCUT2D eigenvalue weighted by atomic mass is 32.2. The van der Waals surface area contributed by atoms with Crippen molar-refractivity contribution in [3.63, 3.8) is 0 Å². The third kappa shape index (κ3) is 4.32. The van der Waals surface area contributed by atoms with Crippen LogP contribution in [0.3, 0.4) is 0 Å². The highest BCUT2D eigenvalue weighted by Crippen LogP contribution is 2.31. The van der Waals surface area contributed by atoms with Gasteiger partial charge < -0.3 is 9.80 Å². The fraction of sp³-hybridized carbons (Fsp3) is 0.238. The van der Waals surface area contributed by atoms with Gasteiger partial charge in [0.2, 0.25) is 0 Å². The summed E-state index contributed by atoms with van der Waals surface area (Å²) in [4.78, 5) is 31.9. The number of amides is 1. The number of benzene rings is 2. The average molecular weight is 408 g/mol. The normalized spacial score (nSPS) is 18.3. The molecule has 0 unspecified atom stereocenters. The lowest BCUT2D eigenvalue weighted by molar-refractivity contribution is -0.384. The zero-order valence-electron chi connectivity index (χ0n) is 15.9. The molecule has 1 fully saturated rings. The molecule has 0 atom stereocenters. The van der Waals surface area contributed by atoms with E-state index >= 15 is 0 Å². The van der Waals surface area contributed by atoms with Crippen LogP contribution in [0.4, 0.5) is 11.4 Å². The summed E-state index contributed by atoms with van der Waals surface area (Å²) in [6.45, 7) is 5.43. The van der Waals surface area contributed by atoms with E-state index in [1.165, 1.54) is 35.1 Å². The van der Waals surface area contributed by atoms with E-state index in [0.717, 1.165) is 36.9 Å². The molecule has 0 N–H and O–H groups in total. The number of carbonyl (C=O) groups is 1. The molecular formula is C21H20N4O3S. The lowest BCUT2D eigenvalue weighted by Gasteiger charge is -2.36. The van der Waals surface area contributed by atoms with Gasteiger partial charge >= 0.3 is 0 Å². The molecule has 29 heavy (non-hydrogen) atoms. The molecule has 7 nitrogen and oxygen atoms in total. The molecule has 2 aliphatic heterocycles. The number of carbonyl (C=O) groups excluding carboxylic acids is 1. The van der Waals surface area contributed by atoms with E-state index < -0.39 is 4.92 Å². The third-order valence-electron chi connectivity index (χ3n) is 4.96. The number of piperazine rings is 1. The van der Waals surface area contributed by atoms with Gasteiger partial charge in [0.15, 0.2) is 5.17 Å². The van der Waals surface area contributed by atoms with Crippen LogP contribution in [-0.4, -0.2) is 47.1 Å². The molecule has 0 saturated carbocycles. The number of hydrogen-bond acceptors (Lipinski definition) is 6. The van der Waals surface area contributed by atoms with Crippen molar-refractivity contribution in [1.29, 1.82) is 0 Å². The van der Waals surface area contributed by atoms with E-state index in [0.29, 0.717) is 4.91 Å². The SMILES string of the molecule is Cc1ccc(N2CCN(C3=NC(=O)C(=Cc4ccc([N+](=O)[O-])cc4)S3)CC2)cc1. The summed E-state index contributed by atoms with van der Waals surface area (Å²) in [5, 5.41) is 11.5. The predicted molar refractivity (Wildman–Crippen MR) is 116 cm³/mol. The quantitative estimate of drug-likeness (QED) is 0.438. The number of thioether (sulfide) groups is 1. The van der Waals surface area contributed by atoms with Gasteiger partial charge in [-0.3, -0.25) is 14.9 Å². The molecule has 2 aromatic carbocycles. The number of aliphatic imine (C=N–C) groups is 1. The Bertz CT molecular complexity index is 992. The Morgan fingerprint density at radius 1 is 1.00 bits per heavy atom. The molecule has 1 amide bonds. The number of non-ortho nitro benzene ring substituents is 1. The predicted octanol–water partition coefficient (Wildman–Crippen LogP) is 3.70. The van der Waals surface area contributed by atoms with Crippen molar-refractivity contribution in [3.05, 3.63) is 74.7 Å². The molecule has 0 bridgehead atoms. The summed E-state index contributed by atoms with van der Waals surface area (Å²) in [6.07, 6.45) is 1.73. The first-order chi connectivity index (χ1) is 14.0. The summed E-state index contributed by atoms with van der Waals surface area (Å²) >= 11 is 1.36. The topological polar surface area (TPSA) is 79.0 Å². The van der Waals surface area contributed by atoms with Gasteiger partial charge in [0.25, 0.3) is 11.6 Å². The summed E-state index contributed by atoms with van der Waals surface area (Å²) in [7, 11) is 0. The van der Waals surface area contributed by atoms with E-state index in [1.54, 1.807) is 18.2 Å². The van der Waals surface area contributed by atoms with Gasteiger partial charge in [-0.15, -0.1) is 0 Å². The second-order valence-electron chi connectivity index (χ2n) is 6.97. The minimum absolute atomic E-state index is 0.0286. The Kier molecular flexibility index (Phi) is 5.35. The van der Waals surface area contributed by atoms with E-state index in [-0.39, 0.29) is 11.6 Å². The second kappa shape index (κ2) is 8.08. The molecule has 4 rings (SSSR count). The molecule has 0 aromatic heterocycles. The van der Waals surface area contributed by atoms with Crippen LogP contribution in [0.2, 0.25) is 0 Å². The van der Waals surface area contributed by atoms with Crippen molar-refractivity contribution in [2.24, 2.45) is 4.99 Å². The molecule has 148 valence electrons. The van der Waals surface area contributed by atoms with Gasteiger partial charge in [-0.25, -0.2) is 0 Å². The fourth-order valence-electron chi connectivity index (χ4n) is 3.29. The molecule has 0 aliphatic carbocycles. The fourth-order valence-corrected chi connectivity index (χ4v) is 4.25. The minimum atomic E-state index is -0.441. The van der Waals surface area contributed by atoms with Crippen molar-refractivity contribution >= 4 is 40.3 Å². The van der Waals surface area contributed by atoms with Crippen LogP contribution in [-0.2, 0) is 4.79 Å². The number of nitro benzene ring substituents is 1.